The third kappa shape index (κ3) is 3.12. The Labute approximate surface area is 117 Å². The molecular weight excluding hydrogens is 292 g/mol. The Balaban J connectivity index is 1.90. The first-order chi connectivity index (χ1) is 8.58. The van der Waals surface area contributed by atoms with Gasteiger partial charge in [-0.05, 0) is 31.0 Å². The molecule has 1 aromatic carbocycles. The van der Waals surface area contributed by atoms with E-state index in [4.69, 9.17) is 0 Å². The Morgan fingerprint density at radius 2 is 1.94 bits per heavy atom. The fourth-order valence-corrected chi connectivity index (χ4v) is 2.55. The van der Waals surface area contributed by atoms with E-state index < -0.39 is 0 Å². The summed E-state index contributed by atoms with van der Waals surface area (Å²) < 4.78 is 1.11. The average Bonchev–Trinajstić information content (AvgIpc) is 2.37. The molecule has 0 spiro atoms. The Morgan fingerprint density at radius 3 is 2.61 bits per heavy atom. The Kier molecular flexibility index (Phi) is 4.40. The van der Waals surface area contributed by atoms with Crippen LogP contribution in [-0.2, 0) is 11.2 Å². The van der Waals surface area contributed by atoms with Crippen LogP contribution in [0.15, 0.2) is 28.7 Å². The molecule has 0 aromatic heterocycles. The molecule has 1 fully saturated rings. The van der Waals surface area contributed by atoms with Gasteiger partial charge in [-0.1, -0.05) is 28.1 Å². The molecule has 0 radical (unpaired) electrons. The number of amides is 1. The number of rotatable bonds is 3. The summed E-state index contributed by atoms with van der Waals surface area (Å²) in [6.45, 7) is 4.76. The van der Waals surface area contributed by atoms with Crippen molar-refractivity contribution < 1.29 is 4.79 Å². The number of likely N-dealkylation sites (N-methyl/N-ethyl adjacent to an activating group) is 1. The Morgan fingerprint density at radius 1 is 1.28 bits per heavy atom. The van der Waals surface area contributed by atoms with E-state index in [0.29, 0.717) is 0 Å². The van der Waals surface area contributed by atoms with Gasteiger partial charge in [-0.3, -0.25) is 9.69 Å². The van der Waals surface area contributed by atoms with Crippen LogP contribution in [0.2, 0.25) is 0 Å². The highest BCUT2D eigenvalue weighted by Crippen LogP contribution is 2.13. The van der Waals surface area contributed by atoms with Crippen molar-refractivity contribution >= 4 is 21.8 Å². The highest BCUT2D eigenvalue weighted by Gasteiger charge is 2.28. The third-order valence-corrected chi connectivity index (χ3v) is 4.13. The lowest BCUT2D eigenvalue weighted by Gasteiger charge is -2.37. The molecule has 1 aromatic rings. The maximum Gasteiger partial charge on any atom is 0.239 e. The number of halogens is 1. The minimum atomic E-state index is 0.0131. The summed E-state index contributed by atoms with van der Waals surface area (Å²) in [5.41, 5.74) is 1.32. The summed E-state index contributed by atoms with van der Waals surface area (Å²) in [5.74, 6) is 0.233. The van der Waals surface area contributed by atoms with Gasteiger partial charge >= 0.3 is 0 Å². The summed E-state index contributed by atoms with van der Waals surface area (Å²) in [6.07, 6.45) is 0.995. The maximum absolute atomic E-state index is 11.9. The van der Waals surface area contributed by atoms with E-state index in [1.165, 1.54) is 5.56 Å². The van der Waals surface area contributed by atoms with Crippen molar-refractivity contribution in [3.8, 4) is 0 Å². The van der Waals surface area contributed by atoms with Crippen molar-refractivity contribution in [2.24, 2.45) is 0 Å². The normalized spacial score (nSPS) is 21.4. The van der Waals surface area contributed by atoms with Gasteiger partial charge in [0.1, 0.15) is 0 Å². The second kappa shape index (κ2) is 5.85. The Bertz CT molecular complexity index is 418. The van der Waals surface area contributed by atoms with Crippen LogP contribution in [0.1, 0.15) is 12.5 Å². The highest BCUT2D eigenvalue weighted by atomic mass is 79.9. The van der Waals surface area contributed by atoms with Crippen LogP contribution in [0.5, 0.6) is 0 Å². The summed E-state index contributed by atoms with van der Waals surface area (Å²) in [7, 11) is 1.88. The zero-order valence-corrected chi connectivity index (χ0v) is 12.5. The molecule has 0 aliphatic carbocycles. The van der Waals surface area contributed by atoms with Crippen molar-refractivity contribution in [2.75, 3.05) is 26.7 Å². The van der Waals surface area contributed by atoms with Crippen molar-refractivity contribution in [1.82, 2.24) is 9.80 Å². The first kappa shape index (κ1) is 13.6. The molecule has 2 rings (SSSR count). The molecule has 4 heteroatoms. The van der Waals surface area contributed by atoms with E-state index >= 15 is 0 Å². The second-order valence-corrected chi connectivity index (χ2v) is 5.76. The number of carbonyl (C=O) groups excluding carboxylic acids is 1. The average molecular weight is 311 g/mol. The second-order valence-electron chi connectivity index (χ2n) is 4.85. The summed E-state index contributed by atoms with van der Waals surface area (Å²) >= 11 is 3.44. The molecule has 1 unspecified atom stereocenters. The van der Waals surface area contributed by atoms with Crippen LogP contribution in [0, 0.1) is 0 Å². The topological polar surface area (TPSA) is 23.6 Å². The number of benzene rings is 1. The van der Waals surface area contributed by atoms with Gasteiger partial charge in [0, 0.05) is 31.2 Å². The largest absolute Gasteiger partial charge is 0.343 e. The smallest absolute Gasteiger partial charge is 0.239 e. The summed E-state index contributed by atoms with van der Waals surface area (Å²) in [5, 5.41) is 0. The lowest BCUT2D eigenvalue weighted by Crippen LogP contribution is -2.54. The number of hydrogen-bond acceptors (Lipinski definition) is 2. The molecule has 1 aliphatic rings. The first-order valence-electron chi connectivity index (χ1n) is 6.31. The van der Waals surface area contributed by atoms with E-state index in [2.05, 4.69) is 45.1 Å². The molecule has 1 heterocycles. The molecule has 1 aliphatic heterocycles. The molecule has 0 bridgehead atoms. The van der Waals surface area contributed by atoms with E-state index in [1.54, 1.807) is 0 Å². The first-order valence-corrected chi connectivity index (χ1v) is 7.10. The zero-order chi connectivity index (χ0) is 13.1. The number of piperazine rings is 1. The van der Waals surface area contributed by atoms with Crippen LogP contribution in [0.4, 0.5) is 0 Å². The van der Waals surface area contributed by atoms with Crippen LogP contribution < -0.4 is 0 Å². The summed E-state index contributed by atoms with van der Waals surface area (Å²) in [4.78, 5) is 16.0. The van der Waals surface area contributed by atoms with E-state index in [0.717, 1.165) is 30.5 Å². The predicted molar refractivity (Wildman–Crippen MR) is 76.5 cm³/mol. The lowest BCUT2D eigenvalue weighted by molar-refractivity contribution is -0.139. The van der Waals surface area contributed by atoms with Gasteiger partial charge in [-0.25, -0.2) is 0 Å². The van der Waals surface area contributed by atoms with Gasteiger partial charge in [0.15, 0.2) is 0 Å². The van der Waals surface area contributed by atoms with E-state index in [1.807, 2.05) is 18.9 Å². The van der Waals surface area contributed by atoms with Gasteiger partial charge in [0.05, 0.1) is 6.04 Å². The monoisotopic (exact) mass is 310 g/mol. The van der Waals surface area contributed by atoms with Crippen molar-refractivity contribution in [3.05, 3.63) is 34.3 Å². The van der Waals surface area contributed by atoms with Crippen LogP contribution >= 0.6 is 15.9 Å². The minimum Gasteiger partial charge on any atom is -0.343 e. The molecule has 1 atom stereocenters. The van der Waals surface area contributed by atoms with E-state index in [-0.39, 0.29) is 11.9 Å². The van der Waals surface area contributed by atoms with Crippen molar-refractivity contribution in [1.29, 1.82) is 0 Å². The van der Waals surface area contributed by atoms with Crippen molar-refractivity contribution in [3.63, 3.8) is 0 Å². The minimum absolute atomic E-state index is 0.0131. The van der Waals surface area contributed by atoms with Gasteiger partial charge in [0.25, 0.3) is 0 Å². The highest BCUT2D eigenvalue weighted by molar-refractivity contribution is 9.10. The van der Waals surface area contributed by atoms with E-state index in [9.17, 15) is 4.79 Å². The van der Waals surface area contributed by atoms with Gasteiger partial charge in [-0.15, -0.1) is 0 Å². The summed E-state index contributed by atoms with van der Waals surface area (Å²) in [6, 6.07) is 8.40. The SMILES string of the molecule is CC1C(=O)N(C)CCN1CCc1ccc(Br)cc1. The zero-order valence-electron chi connectivity index (χ0n) is 10.9. The van der Waals surface area contributed by atoms with Crippen LogP contribution in [0.3, 0.4) is 0 Å². The molecular formula is C14H19BrN2O. The van der Waals surface area contributed by atoms with Gasteiger partial charge in [-0.2, -0.15) is 0 Å². The number of nitrogens with zero attached hydrogens (tertiary/aromatic N) is 2. The van der Waals surface area contributed by atoms with Gasteiger partial charge < -0.3 is 4.90 Å². The third-order valence-electron chi connectivity index (χ3n) is 3.60. The molecule has 1 saturated heterocycles. The molecule has 0 N–H and O–H groups in total. The fraction of sp³-hybridized carbons (Fsp3) is 0.500. The van der Waals surface area contributed by atoms with Crippen molar-refractivity contribution in [2.45, 2.75) is 19.4 Å². The molecule has 1 amide bonds. The molecule has 0 saturated carbocycles. The van der Waals surface area contributed by atoms with Crippen LogP contribution in [-0.4, -0.2) is 48.4 Å². The molecule has 18 heavy (non-hydrogen) atoms. The van der Waals surface area contributed by atoms with Gasteiger partial charge in [0.2, 0.25) is 5.91 Å². The quantitative estimate of drug-likeness (QED) is 0.854. The molecule has 98 valence electrons. The maximum atomic E-state index is 11.9. The standard InChI is InChI=1S/C14H19BrN2O/c1-11-14(18)16(2)9-10-17(11)8-7-12-3-5-13(15)6-4-12/h3-6,11H,7-10H2,1-2H3. The number of carbonyl (C=O) groups is 1. The number of hydrogen-bond donors (Lipinski definition) is 0. The Hall–Kier alpha value is -0.870. The fourth-order valence-electron chi connectivity index (χ4n) is 2.29. The molecule has 3 nitrogen and oxygen atoms in total. The van der Waals surface area contributed by atoms with Crippen LogP contribution in [0.25, 0.3) is 0 Å². The lowest BCUT2D eigenvalue weighted by atomic mass is 10.1. The predicted octanol–water partition coefficient (Wildman–Crippen LogP) is 2.15.